The number of aromatic nitrogens is 1. The Balaban J connectivity index is 2.34. The summed E-state index contributed by atoms with van der Waals surface area (Å²) < 4.78 is 13.2. The van der Waals surface area contributed by atoms with E-state index in [-0.39, 0.29) is 5.82 Å². The number of terminal acetylenes is 1. The lowest BCUT2D eigenvalue weighted by Crippen LogP contribution is -1.98. The number of nitrogens with zero attached hydrogens (tertiary/aromatic N) is 1. The molecule has 0 bridgehead atoms. The maximum Gasteiger partial charge on any atom is 0.123 e. The fourth-order valence-corrected chi connectivity index (χ4v) is 2.75. The number of aryl methyl sites for hydroxylation is 1. The zero-order valence-corrected chi connectivity index (χ0v) is 13.0. The van der Waals surface area contributed by atoms with Gasteiger partial charge in [-0.3, -0.25) is 0 Å². The largest absolute Gasteiger partial charge is 0.389 e. The summed E-state index contributed by atoms with van der Waals surface area (Å²) in [5, 5.41) is 10.9. The summed E-state index contributed by atoms with van der Waals surface area (Å²) in [4.78, 5) is 4.56. The Labute approximate surface area is 134 Å². The third kappa shape index (κ3) is 2.81. The van der Waals surface area contributed by atoms with Gasteiger partial charge in [0.1, 0.15) is 11.5 Å². The van der Waals surface area contributed by atoms with Crippen molar-refractivity contribution in [1.82, 2.24) is 4.98 Å². The van der Waals surface area contributed by atoms with Crippen molar-refractivity contribution in [2.24, 2.45) is 0 Å². The predicted molar refractivity (Wildman–Crippen MR) is 90.4 cm³/mol. The van der Waals surface area contributed by atoms with Crippen LogP contribution >= 0.6 is 0 Å². The van der Waals surface area contributed by atoms with E-state index >= 15 is 0 Å². The minimum Gasteiger partial charge on any atom is -0.389 e. The Morgan fingerprint density at radius 1 is 1.17 bits per heavy atom. The maximum atomic E-state index is 13.2. The minimum absolute atomic E-state index is 0.301. The number of aliphatic hydroxyl groups excluding tert-OH is 1. The molecule has 0 saturated heterocycles. The summed E-state index contributed by atoms with van der Waals surface area (Å²) >= 11 is 0. The van der Waals surface area contributed by atoms with Crippen LogP contribution in [0.2, 0.25) is 0 Å². The molecule has 1 heterocycles. The van der Waals surface area contributed by atoms with Crippen molar-refractivity contribution in [3.8, 4) is 23.5 Å². The third-order valence-corrected chi connectivity index (χ3v) is 3.85. The molecule has 2 nitrogen and oxygen atoms in total. The van der Waals surface area contributed by atoms with Gasteiger partial charge < -0.3 is 5.11 Å². The molecule has 2 aromatic carbocycles. The summed E-state index contributed by atoms with van der Waals surface area (Å²) in [6.45, 7) is 3.68. The van der Waals surface area contributed by atoms with Gasteiger partial charge in [-0.05, 0) is 60.7 Å². The van der Waals surface area contributed by atoms with E-state index in [0.29, 0.717) is 5.69 Å². The average molecular weight is 305 g/mol. The summed E-state index contributed by atoms with van der Waals surface area (Å²) in [7, 11) is 0. The number of rotatable bonds is 2. The average Bonchev–Trinajstić information content (AvgIpc) is 2.53. The van der Waals surface area contributed by atoms with Crippen molar-refractivity contribution in [1.29, 1.82) is 0 Å². The molecule has 3 heteroatoms. The molecule has 114 valence electrons. The standard InChI is InChI=1S/C20H16FNO/c1-4-19-17(14-5-7-15(21)8-6-14)11-18-16(13(3)23)9-12(2)10-20(18)22-19/h1,5-11,13,23H,2-3H3. The lowest BCUT2D eigenvalue weighted by atomic mass is 9.96. The quantitative estimate of drug-likeness (QED) is 0.713. The van der Waals surface area contributed by atoms with Crippen LogP contribution in [-0.2, 0) is 0 Å². The zero-order valence-electron chi connectivity index (χ0n) is 13.0. The van der Waals surface area contributed by atoms with Crippen LogP contribution in [0.25, 0.3) is 22.0 Å². The highest BCUT2D eigenvalue weighted by atomic mass is 19.1. The van der Waals surface area contributed by atoms with Crippen LogP contribution in [0.4, 0.5) is 4.39 Å². The predicted octanol–water partition coefficient (Wildman–Crippen LogP) is 4.38. The van der Waals surface area contributed by atoms with Crippen LogP contribution in [0.15, 0.2) is 42.5 Å². The summed E-state index contributed by atoms with van der Waals surface area (Å²) in [6.07, 6.45) is 4.99. The number of fused-ring (bicyclic) bond motifs is 1. The van der Waals surface area contributed by atoms with Gasteiger partial charge in [-0.15, -0.1) is 6.42 Å². The molecule has 1 aromatic heterocycles. The van der Waals surface area contributed by atoms with Gasteiger partial charge >= 0.3 is 0 Å². The van der Waals surface area contributed by atoms with Crippen molar-refractivity contribution in [2.45, 2.75) is 20.0 Å². The van der Waals surface area contributed by atoms with Crippen LogP contribution in [0, 0.1) is 25.1 Å². The number of pyridine rings is 1. The van der Waals surface area contributed by atoms with E-state index in [9.17, 15) is 9.50 Å². The first-order chi connectivity index (χ1) is 11.0. The summed E-state index contributed by atoms with van der Waals surface area (Å²) in [5.41, 5.74) is 4.63. The van der Waals surface area contributed by atoms with Gasteiger partial charge in [0.05, 0.1) is 11.6 Å². The van der Waals surface area contributed by atoms with E-state index in [1.807, 2.05) is 25.1 Å². The molecular formula is C20H16FNO. The molecule has 0 aliphatic carbocycles. The maximum absolute atomic E-state index is 13.2. The Kier molecular flexibility index (Phi) is 3.85. The van der Waals surface area contributed by atoms with Crippen LogP contribution in [0.1, 0.15) is 29.8 Å². The molecular weight excluding hydrogens is 289 g/mol. The number of benzene rings is 2. The molecule has 0 fully saturated rings. The van der Waals surface area contributed by atoms with Gasteiger partial charge in [0.15, 0.2) is 0 Å². The Bertz CT molecular complexity index is 921. The normalized spacial score (nSPS) is 12.1. The number of hydrogen-bond acceptors (Lipinski definition) is 2. The van der Waals surface area contributed by atoms with Crippen molar-refractivity contribution in [3.63, 3.8) is 0 Å². The monoisotopic (exact) mass is 305 g/mol. The molecule has 1 atom stereocenters. The van der Waals surface area contributed by atoms with Gasteiger partial charge in [0.2, 0.25) is 0 Å². The Hall–Kier alpha value is -2.70. The summed E-state index contributed by atoms with van der Waals surface area (Å²) in [5.74, 6) is 2.30. The van der Waals surface area contributed by atoms with Crippen molar-refractivity contribution in [3.05, 3.63) is 65.1 Å². The molecule has 0 amide bonds. The Morgan fingerprint density at radius 2 is 1.87 bits per heavy atom. The van der Waals surface area contributed by atoms with E-state index in [1.54, 1.807) is 19.1 Å². The van der Waals surface area contributed by atoms with Gasteiger partial charge in [0.25, 0.3) is 0 Å². The number of hydrogen-bond donors (Lipinski definition) is 1. The zero-order chi connectivity index (χ0) is 16.6. The van der Waals surface area contributed by atoms with E-state index in [1.165, 1.54) is 12.1 Å². The number of aliphatic hydroxyl groups is 1. The first-order valence-corrected chi connectivity index (χ1v) is 7.35. The molecule has 3 aromatic rings. The topological polar surface area (TPSA) is 33.1 Å². The van der Waals surface area contributed by atoms with Gasteiger partial charge in [0, 0.05) is 10.9 Å². The molecule has 0 spiro atoms. The van der Waals surface area contributed by atoms with E-state index in [4.69, 9.17) is 6.42 Å². The lowest BCUT2D eigenvalue weighted by Gasteiger charge is -2.13. The van der Waals surface area contributed by atoms with Gasteiger partial charge in [-0.1, -0.05) is 18.2 Å². The fourth-order valence-electron chi connectivity index (χ4n) is 2.75. The highest BCUT2D eigenvalue weighted by Gasteiger charge is 2.13. The van der Waals surface area contributed by atoms with E-state index in [0.717, 1.165) is 33.2 Å². The van der Waals surface area contributed by atoms with Crippen molar-refractivity contribution < 1.29 is 9.50 Å². The minimum atomic E-state index is -0.614. The highest BCUT2D eigenvalue weighted by Crippen LogP contribution is 2.31. The molecule has 23 heavy (non-hydrogen) atoms. The third-order valence-electron chi connectivity index (χ3n) is 3.85. The van der Waals surface area contributed by atoms with E-state index < -0.39 is 6.10 Å². The van der Waals surface area contributed by atoms with Gasteiger partial charge in [-0.25, -0.2) is 9.37 Å². The van der Waals surface area contributed by atoms with Crippen molar-refractivity contribution >= 4 is 10.9 Å². The number of halogens is 1. The second-order valence-electron chi connectivity index (χ2n) is 5.63. The van der Waals surface area contributed by atoms with Gasteiger partial charge in [-0.2, -0.15) is 0 Å². The molecule has 3 rings (SSSR count). The second kappa shape index (κ2) is 5.83. The summed E-state index contributed by atoms with van der Waals surface area (Å²) in [6, 6.07) is 11.9. The van der Waals surface area contributed by atoms with Crippen LogP contribution in [0.3, 0.4) is 0 Å². The molecule has 0 radical (unpaired) electrons. The molecule has 0 aliphatic heterocycles. The van der Waals surface area contributed by atoms with Crippen LogP contribution in [0.5, 0.6) is 0 Å². The van der Waals surface area contributed by atoms with Crippen LogP contribution in [-0.4, -0.2) is 10.1 Å². The lowest BCUT2D eigenvalue weighted by molar-refractivity contribution is 0.201. The second-order valence-corrected chi connectivity index (χ2v) is 5.63. The smallest absolute Gasteiger partial charge is 0.123 e. The van der Waals surface area contributed by atoms with Crippen molar-refractivity contribution in [2.75, 3.05) is 0 Å². The van der Waals surface area contributed by atoms with Crippen LogP contribution < -0.4 is 0 Å². The first kappa shape index (κ1) is 15.2. The Morgan fingerprint density at radius 3 is 2.48 bits per heavy atom. The molecule has 0 saturated carbocycles. The molecule has 1 unspecified atom stereocenters. The van der Waals surface area contributed by atoms with E-state index in [2.05, 4.69) is 10.9 Å². The molecule has 1 N–H and O–H groups in total. The SMILES string of the molecule is C#Cc1nc2cc(C)cc(C(C)O)c2cc1-c1ccc(F)cc1. The highest BCUT2D eigenvalue weighted by molar-refractivity contribution is 5.89. The molecule has 0 aliphatic rings. The fraction of sp³-hybridized carbons (Fsp3) is 0.150. The first-order valence-electron chi connectivity index (χ1n) is 7.35.